The fraction of sp³-hybridized carbons (Fsp3) is 0.542. The number of hydrogen-bond donors (Lipinski definition) is 1. The van der Waals surface area contributed by atoms with E-state index in [0.29, 0.717) is 25.2 Å². The average Bonchev–Trinajstić information content (AvgIpc) is 3.35. The Hall–Kier alpha value is -1.74. The second-order valence-corrected chi connectivity index (χ2v) is 11.9. The first-order chi connectivity index (χ1) is 15.4. The van der Waals surface area contributed by atoms with Gasteiger partial charge in [-0.25, -0.2) is 8.42 Å². The number of likely N-dealkylation sites (tertiary alicyclic amines) is 1. The van der Waals surface area contributed by atoms with Crippen LogP contribution in [0.5, 0.6) is 0 Å². The number of sulfonamides is 1. The van der Waals surface area contributed by atoms with Crippen molar-refractivity contribution in [1.82, 2.24) is 14.5 Å². The average molecular weight is 476 g/mol. The quantitative estimate of drug-likeness (QED) is 0.654. The monoisotopic (exact) mass is 475 g/mol. The summed E-state index contributed by atoms with van der Waals surface area (Å²) in [6, 6.07) is 10.8. The zero-order chi connectivity index (χ0) is 22.6. The fourth-order valence-electron chi connectivity index (χ4n) is 4.57. The number of amides is 1. The van der Waals surface area contributed by atoms with Gasteiger partial charge in [-0.15, -0.1) is 11.3 Å². The molecule has 0 aliphatic carbocycles. The highest BCUT2D eigenvalue weighted by Gasteiger charge is 2.28. The normalized spacial score (nSPS) is 20.2. The van der Waals surface area contributed by atoms with Crippen molar-refractivity contribution in [3.63, 3.8) is 0 Å². The van der Waals surface area contributed by atoms with Gasteiger partial charge < -0.3 is 5.32 Å². The van der Waals surface area contributed by atoms with Crippen molar-refractivity contribution in [3.8, 4) is 0 Å². The van der Waals surface area contributed by atoms with Crippen LogP contribution in [0.15, 0.2) is 46.7 Å². The van der Waals surface area contributed by atoms with Crippen LogP contribution in [0, 0.1) is 5.92 Å². The number of carbonyl (C=O) groups excluding carboxylic acids is 1. The minimum absolute atomic E-state index is 0.145. The van der Waals surface area contributed by atoms with Gasteiger partial charge in [0.1, 0.15) is 0 Å². The van der Waals surface area contributed by atoms with Crippen LogP contribution in [0.4, 0.5) is 0 Å². The second-order valence-electron chi connectivity index (χ2n) is 8.95. The molecule has 1 aromatic heterocycles. The molecule has 0 saturated carbocycles. The molecule has 6 nitrogen and oxygen atoms in total. The first-order valence-electron chi connectivity index (χ1n) is 11.6. The predicted molar refractivity (Wildman–Crippen MR) is 128 cm³/mol. The summed E-state index contributed by atoms with van der Waals surface area (Å²) in [5.74, 6) is 0.516. The Morgan fingerprint density at radius 2 is 1.84 bits per heavy atom. The summed E-state index contributed by atoms with van der Waals surface area (Å²) in [6.07, 6.45) is 5.19. The molecule has 1 unspecified atom stereocenters. The van der Waals surface area contributed by atoms with E-state index >= 15 is 0 Å². The van der Waals surface area contributed by atoms with Crippen LogP contribution in [0.2, 0.25) is 0 Å². The molecule has 0 spiro atoms. The number of thiophene rings is 1. The van der Waals surface area contributed by atoms with Crippen LogP contribution in [0.3, 0.4) is 0 Å². The third-order valence-corrected chi connectivity index (χ3v) is 9.50. The third kappa shape index (κ3) is 5.42. The number of benzene rings is 1. The zero-order valence-electron chi connectivity index (χ0n) is 18.7. The van der Waals surface area contributed by atoms with E-state index in [-0.39, 0.29) is 16.8 Å². The Morgan fingerprint density at radius 1 is 1.09 bits per heavy atom. The Morgan fingerprint density at radius 3 is 2.53 bits per heavy atom. The van der Waals surface area contributed by atoms with Crippen molar-refractivity contribution < 1.29 is 13.2 Å². The largest absolute Gasteiger partial charge is 0.350 e. The van der Waals surface area contributed by atoms with Crippen molar-refractivity contribution in [2.24, 2.45) is 5.92 Å². The van der Waals surface area contributed by atoms with Crippen LogP contribution in [0.25, 0.3) is 0 Å². The number of nitrogens with one attached hydrogen (secondary N) is 1. The molecule has 4 rings (SSSR count). The van der Waals surface area contributed by atoms with Crippen LogP contribution >= 0.6 is 11.3 Å². The summed E-state index contributed by atoms with van der Waals surface area (Å²) in [7, 11) is -3.56. The van der Waals surface area contributed by atoms with Crippen molar-refractivity contribution >= 4 is 27.3 Å². The highest BCUT2D eigenvalue weighted by atomic mass is 32.2. The van der Waals surface area contributed by atoms with E-state index in [1.807, 2.05) is 0 Å². The summed E-state index contributed by atoms with van der Waals surface area (Å²) < 4.78 is 27.6. The zero-order valence-corrected chi connectivity index (χ0v) is 20.3. The van der Waals surface area contributed by atoms with Gasteiger partial charge >= 0.3 is 0 Å². The minimum atomic E-state index is -3.56. The van der Waals surface area contributed by atoms with Crippen molar-refractivity contribution in [2.75, 3.05) is 32.7 Å². The van der Waals surface area contributed by atoms with Gasteiger partial charge in [-0.3, -0.25) is 9.69 Å². The van der Waals surface area contributed by atoms with E-state index in [9.17, 15) is 13.2 Å². The van der Waals surface area contributed by atoms with Crippen molar-refractivity contribution in [2.45, 2.75) is 50.0 Å². The molecule has 1 aromatic carbocycles. The summed E-state index contributed by atoms with van der Waals surface area (Å²) in [5, 5.41) is 5.15. The fourth-order valence-corrected chi connectivity index (χ4v) is 7.00. The first-order valence-corrected chi connectivity index (χ1v) is 13.9. The molecule has 2 aliphatic rings. The standard InChI is InChI=1S/C24H33N3O3S2/c1-19-10-14-26(15-11-19)22(23-9-6-16-31-23)18-25-24(28)20-7-5-8-21(17-20)32(29,30)27-12-3-2-4-13-27/h5-9,16-17,19,22H,2-4,10-15,18H2,1H3,(H,25,28). The highest BCUT2D eigenvalue weighted by molar-refractivity contribution is 7.89. The predicted octanol–water partition coefficient (Wildman–Crippen LogP) is 4.13. The van der Waals surface area contributed by atoms with E-state index < -0.39 is 10.0 Å². The first kappa shape index (κ1) is 23.4. The van der Waals surface area contributed by atoms with E-state index in [2.05, 4.69) is 34.7 Å². The third-order valence-electron chi connectivity index (χ3n) is 6.64. The van der Waals surface area contributed by atoms with Gasteiger partial charge in [0, 0.05) is 30.1 Å². The molecule has 1 amide bonds. The molecular formula is C24H33N3O3S2. The smallest absolute Gasteiger partial charge is 0.251 e. The lowest BCUT2D eigenvalue weighted by Gasteiger charge is -2.36. The van der Waals surface area contributed by atoms with Gasteiger partial charge in [0.05, 0.1) is 10.9 Å². The molecule has 2 saturated heterocycles. The molecule has 1 N–H and O–H groups in total. The number of carbonyl (C=O) groups is 1. The van der Waals surface area contributed by atoms with Crippen LogP contribution < -0.4 is 5.32 Å². The molecule has 2 aromatic rings. The molecule has 32 heavy (non-hydrogen) atoms. The van der Waals surface area contributed by atoms with Gasteiger partial charge in [0.25, 0.3) is 5.91 Å². The Kier molecular flexibility index (Phi) is 7.66. The Bertz CT molecular complexity index is 993. The van der Waals surface area contributed by atoms with Crippen LogP contribution in [-0.4, -0.2) is 56.3 Å². The van der Waals surface area contributed by atoms with E-state index in [4.69, 9.17) is 0 Å². The second kappa shape index (κ2) is 10.5. The summed E-state index contributed by atoms with van der Waals surface area (Å²) >= 11 is 1.72. The van der Waals surface area contributed by atoms with Gasteiger partial charge in [-0.2, -0.15) is 4.31 Å². The summed E-state index contributed by atoms with van der Waals surface area (Å²) in [6.45, 7) is 5.97. The van der Waals surface area contributed by atoms with Gasteiger partial charge in [-0.1, -0.05) is 25.5 Å². The number of hydrogen-bond acceptors (Lipinski definition) is 5. The lowest BCUT2D eigenvalue weighted by molar-refractivity contribution is 0.0914. The molecule has 2 aliphatic heterocycles. The molecule has 3 heterocycles. The van der Waals surface area contributed by atoms with Gasteiger partial charge in [-0.05, 0) is 74.3 Å². The highest BCUT2D eigenvalue weighted by Crippen LogP contribution is 2.29. The van der Waals surface area contributed by atoms with E-state index in [0.717, 1.165) is 38.3 Å². The number of nitrogens with zero attached hydrogens (tertiary/aromatic N) is 2. The van der Waals surface area contributed by atoms with Gasteiger partial charge in [0.15, 0.2) is 0 Å². The summed E-state index contributed by atoms with van der Waals surface area (Å²) in [5.41, 5.74) is 0.389. The molecule has 174 valence electrons. The topological polar surface area (TPSA) is 69.7 Å². The molecule has 0 bridgehead atoms. The lowest BCUT2D eigenvalue weighted by atomic mass is 9.97. The van der Waals surface area contributed by atoms with Crippen LogP contribution in [0.1, 0.15) is 60.3 Å². The van der Waals surface area contributed by atoms with Crippen molar-refractivity contribution in [3.05, 3.63) is 52.2 Å². The SMILES string of the molecule is CC1CCN(C(CNC(=O)c2cccc(S(=O)(=O)N3CCCCC3)c2)c2cccs2)CC1. The molecule has 0 radical (unpaired) electrons. The minimum Gasteiger partial charge on any atom is -0.350 e. The van der Waals surface area contributed by atoms with Gasteiger partial charge in [0.2, 0.25) is 10.0 Å². The molecular weight excluding hydrogens is 442 g/mol. The van der Waals surface area contributed by atoms with Crippen molar-refractivity contribution in [1.29, 1.82) is 0 Å². The maximum Gasteiger partial charge on any atom is 0.251 e. The maximum atomic E-state index is 13.0. The lowest BCUT2D eigenvalue weighted by Crippen LogP contribution is -2.41. The molecule has 8 heteroatoms. The number of piperidine rings is 2. The van der Waals surface area contributed by atoms with E-state index in [1.165, 1.54) is 28.1 Å². The van der Waals surface area contributed by atoms with E-state index in [1.54, 1.807) is 29.5 Å². The molecule has 1 atom stereocenters. The maximum absolute atomic E-state index is 13.0. The number of rotatable bonds is 7. The Balaban J connectivity index is 1.45. The Labute approximate surface area is 195 Å². The van der Waals surface area contributed by atoms with Crippen LogP contribution in [-0.2, 0) is 10.0 Å². The molecule has 2 fully saturated rings. The summed E-state index contributed by atoms with van der Waals surface area (Å²) in [4.78, 5) is 16.9.